The maximum atomic E-state index is 9.45. The standard InChI is InChI=1S/C6H6O.C3H6O3/c7-6-4-2-1-3-5-6;1-2(4)3(5)6/h1-5,7H;2,4H,1H3,(H,5,6). The van der Waals surface area contributed by atoms with Crippen LogP contribution in [0.3, 0.4) is 0 Å². The van der Waals surface area contributed by atoms with Gasteiger partial charge in [-0.1, -0.05) is 18.2 Å². The van der Waals surface area contributed by atoms with Gasteiger partial charge < -0.3 is 15.3 Å². The maximum absolute atomic E-state index is 9.45. The summed E-state index contributed by atoms with van der Waals surface area (Å²) in [5.41, 5.74) is 0. The van der Waals surface area contributed by atoms with Crippen LogP contribution in [0.1, 0.15) is 6.92 Å². The first-order valence-corrected chi connectivity index (χ1v) is 3.69. The van der Waals surface area contributed by atoms with Crippen LogP contribution >= 0.6 is 0 Å². The van der Waals surface area contributed by atoms with E-state index in [1.165, 1.54) is 6.92 Å². The molecule has 0 aliphatic rings. The van der Waals surface area contributed by atoms with Crippen LogP contribution in [0.2, 0.25) is 0 Å². The average Bonchev–Trinajstić information content (AvgIpc) is 2.06. The van der Waals surface area contributed by atoms with Crippen LogP contribution in [0.25, 0.3) is 0 Å². The largest absolute Gasteiger partial charge is 0.508 e. The molecule has 0 spiro atoms. The Balaban J connectivity index is 0.000000226. The molecule has 0 heterocycles. The fraction of sp³-hybridized carbons (Fsp3) is 0.222. The third kappa shape index (κ3) is 6.83. The molecule has 0 amide bonds. The molecule has 1 atom stereocenters. The highest BCUT2D eigenvalue weighted by molar-refractivity contribution is 5.71. The predicted octanol–water partition coefficient (Wildman–Crippen LogP) is 0.844. The normalized spacial score (nSPS) is 10.9. The molecule has 0 fully saturated rings. The number of hydrogen-bond donors (Lipinski definition) is 3. The van der Waals surface area contributed by atoms with Gasteiger partial charge in [-0.05, 0) is 19.1 Å². The van der Waals surface area contributed by atoms with Gasteiger partial charge in [-0.3, -0.25) is 0 Å². The second-order valence-corrected chi connectivity index (χ2v) is 2.35. The van der Waals surface area contributed by atoms with Gasteiger partial charge in [-0.15, -0.1) is 0 Å². The molecule has 0 aliphatic heterocycles. The van der Waals surface area contributed by atoms with E-state index >= 15 is 0 Å². The van der Waals surface area contributed by atoms with Gasteiger partial charge in [0, 0.05) is 0 Å². The van der Waals surface area contributed by atoms with Crippen LogP contribution in [0.5, 0.6) is 5.75 Å². The number of carboxylic acids is 1. The fourth-order valence-corrected chi connectivity index (χ4v) is 0.428. The molecule has 0 aliphatic carbocycles. The van der Waals surface area contributed by atoms with E-state index in [9.17, 15) is 4.79 Å². The number of phenols is 1. The molecular weight excluding hydrogens is 172 g/mol. The zero-order valence-corrected chi connectivity index (χ0v) is 7.21. The smallest absolute Gasteiger partial charge is 0.332 e. The number of aliphatic carboxylic acids is 1. The van der Waals surface area contributed by atoms with Crippen molar-refractivity contribution in [3.05, 3.63) is 30.3 Å². The Morgan fingerprint density at radius 3 is 1.85 bits per heavy atom. The van der Waals surface area contributed by atoms with Crippen LogP contribution in [0, 0.1) is 0 Å². The molecule has 0 saturated carbocycles. The van der Waals surface area contributed by atoms with Gasteiger partial charge in [0.05, 0.1) is 0 Å². The second kappa shape index (κ2) is 6.02. The summed E-state index contributed by atoms with van der Waals surface area (Å²) in [7, 11) is 0. The highest BCUT2D eigenvalue weighted by atomic mass is 16.4. The number of phenolic OH excluding ortho intramolecular Hbond substituents is 1. The zero-order chi connectivity index (χ0) is 10.3. The number of aliphatic hydroxyl groups is 1. The number of aromatic hydroxyl groups is 1. The summed E-state index contributed by atoms with van der Waals surface area (Å²) in [6, 6.07) is 8.71. The third-order valence-corrected chi connectivity index (χ3v) is 1.11. The lowest BCUT2D eigenvalue weighted by molar-refractivity contribution is -0.145. The summed E-state index contributed by atoms with van der Waals surface area (Å²) in [5.74, 6) is -0.863. The molecular formula is C9H12O4. The first-order chi connectivity index (χ1) is 6.04. The van der Waals surface area contributed by atoms with Crippen molar-refractivity contribution in [1.82, 2.24) is 0 Å². The van der Waals surface area contributed by atoms with E-state index in [2.05, 4.69) is 0 Å². The van der Waals surface area contributed by atoms with Gasteiger partial charge >= 0.3 is 5.97 Å². The maximum Gasteiger partial charge on any atom is 0.332 e. The Morgan fingerprint density at radius 1 is 1.31 bits per heavy atom. The van der Waals surface area contributed by atoms with Crippen molar-refractivity contribution in [1.29, 1.82) is 0 Å². The van der Waals surface area contributed by atoms with E-state index in [0.717, 1.165) is 0 Å². The molecule has 3 N–H and O–H groups in total. The lowest BCUT2D eigenvalue weighted by Gasteiger charge is -1.89. The summed E-state index contributed by atoms with van der Waals surface area (Å²) in [5, 5.41) is 24.4. The number of aliphatic hydroxyl groups excluding tert-OH is 1. The fourth-order valence-electron chi connectivity index (χ4n) is 0.428. The van der Waals surface area contributed by atoms with Gasteiger partial charge in [-0.25, -0.2) is 4.79 Å². The van der Waals surface area contributed by atoms with Gasteiger partial charge in [0.2, 0.25) is 0 Å². The van der Waals surface area contributed by atoms with Crippen LogP contribution in [0.4, 0.5) is 0 Å². The minimum absolute atomic E-state index is 0.322. The van der Waals surface area contributed by atoms with Gasteiger partial charge in [0.1, 0.15) is 11.9 Å². The van der Waals surface area contributed by atoms with Crippen LogP contribution in [-0.2, 0) is 4.79 Å². The van der Waals surface area contributed by atoms with E-state index < -0.39 is 12.1 Å². The number of rotatable bonds is 1. The number of para-hydroxylation sites is 1. The Hall–Kier alpha value is -1.55. The number of hydrogen-bond acceptors (Lipinski definition) is 3. The van der Waals surface area contributed by atoms with Gasteiger partial charge in [0.25, 0.3) is 0 Å². The molecule has 0 aromatic heterocycles. The summed E-state index contributed by atoms with van der Waals surface area (Å²) in [6.07, 6.45) is -1.23. The van der Waals surface area contributed by atoms with Gasteiger partial charge in [0.15, 0.2) is 0 Å². The van der Waals surface area contributed by atoms with E-state index in [4.69, 9.17) is 15.3 Å². The third-order valence-electron chi connectivity index (χ3n) is 1.11. The Labute approximate surface area is 76.1 Å². The van der Waals surface area contributed by atoms with Crippen molar-refractivity contribution in [3.8, 4) is 5.75 Å². The molecule has 1 unspecified atom stereocenters. The topological polar surface area (TPSA) is 77.8 Å². The van der Waals surface area contributed by atoms with E-state index in [1.807, 2.05) is 6.07 Å². The zero-order valence-electron chi connectivity index (χ0n) is 7.21. The van der Waals surface area contributed by atoms with Crippen molar-refractivity contribution in [2.75, 3.05) is 0 Å². The SMILES string of the molecule is CC(O)C(=O)O.Oc1ccccc1. The Morgan fingerprint density at radius 2 is 1.69 bits per heavy atom. The molecule has 0 bridgehead atoms. The second-order valence-electron chi connectivity index (χ2n) is 2.35. The Kier molecular flexibility index (Phi) is 5.30. The molecule has 72 valence electrons. The van der Waals surface area contributed by atoms with Gasteiger partial charge in [-0.2, -0.15) is 0 Å². The molecule has 0 saturated heterocycles. The Bertz CT molecular complexity index is 243. The lowest BCUT2D eigenvalue weighted by atomic mass is 10.3. The number of benzene rings is 1. The highest BCUT2D eigenvalue weighted by Crippen LogP contribution is 2.02. The number of carbonyl (C=O) groups is 1. The molecule has 0 radical (unpaired) electrons. The highest BCUT2D eigenvalue weighted by Gasteiger charge is 2.01. The molecule has 1 aromatic rings. The quantitative estimate of drug-likeness (QED) is 0.604. The first kappa shape index (κ1) is 11.4. The molecule has 4 nitrogen and oxygen atoms in total. The minimum Gasteiger partial charge on any atom is -0.508 e. The van der Waals surface area contributed by atoms with Crippen LogP contribution in [-0.4, -0.2) is 27.4 Å². The molecule has 1 aromatic carbocycles. The average molecular weight is 184 g/mol. The molecule has 1 rings (SSSR count). The summed E-state index contributed by atoms with van der Waals surface area (Å²) in [6.45, 7) is 1.20. The minimum atomic E-state index is -1.23. The van der Waals surface area contributed by atoms with Crippen molar-refractivity contribution in [2.24, 2.45) is 0 Å². The van der Waals surface area contributed by atoms with Crippen molar-refractivity contribution in [3.63, 3.8) is 0 Å². The lowest BCUT2D eigenvalue weighted by Crippen LogP contribution is -2.13. The van der Waals surface area contributed by atoms with Crippen LogP contribution in [0.15, 0.2) is 30.3 Å². The van der Waals surface area contributed by atoms with Crippen molar-refractivity contribution in [2.45, 2.75) is 13.0 Å². The van der Waals surface area contributed by atoms with Crippen molar-refractivity contribution < 1.29 is 20.1 Å². The molecule has 4 heteroatoms. The monoisotopic (exact) mass is 184 g/mol. The van der Waals surface area contributed by atoms with E-state index in [-0.39, 0.29) is 0 Å². The number of carboxylic acid groups (broad SMARTS) is 1. The van der Waals surface area contributed by atoms with Crippen LogP contribution < -0.4 is 0 Å². The summed E-state index contributed by atoms with van der Waals surface area (Å²) < 4.78 is 0. The summed E-state index contributed by atoms with van der Waals surface area (Å²) >= 11 is 0. The molecule has 13 heavy (non-hydrogen) atoms. The van der Waals surface area contributed by atoms with E-state index in [1.54, 1.807) is 24.3 Å². The first-order valence-electron chi connectivity index (χ1n) is 3.69. The van der Waals surface area contributed by atoms with Crippen molar-refractivity contribution >= 4 is 5.97 Å². The summed E-state index contributed by atoms with van der Waals surface area (Å²) in [4.78, 5) is 9.45. The predicted molar refractivity (Wildman–Crippen MR) is 47.4 cm³/mol. The van der Waals surface area contributed by atoms with E-state index in [0.29, 0.717) is 5.75 Å².